The fourth-order valence-corrected chi connectivity index (χ4v) is 3.89. The Morgan fingerprint density at radius 2 is 1.74 bits per heavy atom. The van der Waals surface area contributed by atoms with Crippen LogP contribution in [-0.2, 0) is 27.2 Å². The Kier molecular flexibility index (Phi) is 7.39. The number of carbonyl (C=O) groups excluding carboxylic acids is 2. The van der Waals surface area contributed by atoms with Gasteiger partial charge in [-0.3, -0.25) is 9.59 Å². The van der Waals surface area contributed by atoms with Gasteiger partial charge in [0, 0.05) is 0 Å². The van der Waals surface area contributed by atoms with Crippen molar-refractivity contribution in [3.63, 3.8) is 0 Å². The molecule has 2 aromatic carbocycles. The van der Waals surface area contributed by atoms with Gasteiger partial charge in [-0.2, -0.15) is 0 Å². The highest BCUT2D eigenvalue weighted by Gasteiger charge is 2.25. The maximum absolute atomic E-state index is 12.6. The van der Waals surface area contributed by atoms with Crippen LogP contribution < -0.4 is 19.5 Å². The molecule has 0 fully saturated rings. The molecule has 3 rings (SSSR count). The van der Waals surface area contributed by atoms with Crippen LogP contribution in [0.1, 0.15) is 42.5 Å². The summed E-state index contributed by atoms with van der Waals surface area (Å²) in [5.41, 5.74) is 3.03. The molecule has 0 unspecified atom stereocenters. The monoisotopic (exact) mass is 427 g/mol. The second kappa shape index (κ2) is 10.2. The van der Waals surface area contributed by atoms with Crippen LogP contribution in [-0.4, -0.2) is 39.3 Å². The predicted octanol–water partition coefficient (Wildman–Crippen LogP) is 3.38. The quantitative estimate of drug-likeness (QED) is 0.651. The van der Waals surface area contributed by atoms with Gasteiger partial charge in [-0.05, 0) is 55.0 Å². The van der Waals surface area contributed by atoms with Gasteiger partial charge >= 0.3 is 5.97 Å². The third kappa shape index (κ3) is 5.29. The summed E-state index contributed by atoms with van der Waals surface area (Å²) in [7, 11) is 4.53. The lowest BCUT2D eigenvalue weighted by molar-refractivity contribution is -0.154. The third-order valence-corrected chi connectivity index (χ3v) is 5.44. The van der Waals surface area contributed by atoms with E-state index in [-0.39, 0.29) is 18.4 Å². The first-order chi connectivity index (χ1) is 15.0. The smallest absolute Gasteiger partial charge is 0.311 e. The highest BCUT2D eigenvalue weighted by Crippen LogP contribution is 2.38. The van der Waals surface area contributed by atoms with Crippen LogP contribution in [0.2, 0.25) is 0 Å². The summed E-state index contributed by atoms with van der Waals surface area (Å²) < 4.78 is 21.3. The van der Waals surface area contributed by atoms with E-state index in [9.17, 15) is 9.59 Å². The number of nitrogens with one attached hydrogen (secondary N) is 1. The van der Waals surface area contributed by atoms with Crippen molar-refractivity contribution >= 4 is 11.9 Å². The van der Waals surface area contributed by atoms with Gasteiger partial charge in [-0.1, -0.05) is 24.3 Å². The maximum atomic E-state index is 12.6. The zero-order valence-corrected chi connectivity index (χ0v) is 18.4. The molecule has 0 heterocycles. The van der Waals surface area contributed by atoms with Crippen molar-refractivity contribution in [1.82, 2.24) is 5.32 Å². The van der Waals surface area contributed by atoms with Crippen molar-refractivity contribution in [2.24, 2.45) is 0 Å². The van der Waals surface area contributed by atoms with Crippen molar-refractivity contribution in [2.45, 2.75) is 44.8 Å². The lowest BCUT2D eigenvalue weighted by atomic mass is 9.87. The van der Waals surface area contributed by atoms with Crippen LogP contribution in [0.3, 0.4) is 0 Å². The van der Waals surface area contributed by atoms with E-state index in [1.54, 1.807) is 19.1 Å². The molecule has 1 N–H and O–H groups in total. The standard InChI is InChI=1S/C24H29NO6/c1-15(24(27)25-19-11-7-9-17-8-5-6-10-18(17)19)31-22(26)14-16-12-20(28-2)23(30-4)21(13-16)29-3/h5-6,8,10,12-13,15,19H,7,9,11,14H2,1-4H3,(H,25,27)/t15-,19+/m1/s1. The van der Waals surface area contributed by atoms with Gasteiger partial charge in [0.05, 0.1) is 33.8 Å². The summed E-state index contributed by atoms with van der Waals surface area (Å²) in [5, 5.41) is 3.02. The molecule has 31 heavy (non-hydrogen) atoms. The number of amides is 1. The molecule has 0 aliphatic heterocycles. The average Bonchev–Trinajstić information content (AvgIpc) is 2.78. The Bertz CT molecular complexity index is 916. The number of methoxy groups -OCH3 is 3. The number of fused-ring (bicyclic) bond motifs is 1. The van der Waals surface area contributed by atoms with Crippen molar-refractivity contribution in [3.8, 4) is 17.2 Å². The van der Waals surface area contributed by atoms with Gasteiger partial charge in [-0.25, -0.2) is 0 Å². The highest BCUT2D eigenvalue weighted by atomic mass is 16.5. The molecule has 0 spiro atoms. The van der Waals surface area contributed by atoms with E-state index < -0.39 is 12.1 Å². The summed E-state index contributed by atoms with van der Waals surface area (Å²) in [6, 6.07) is 11.4. The van der Waals surface area contributed by atoms with Crippen molar-refractivity contribution < 1.29 is 28.5 Å². The van der Waals surface area contributed by atoms with E-state index in [1.165, 1.54) is 26.9 Å². The summed E-state index contributed by atoms with van der Waals surface area (Å²) in [6.07, 6.45) is 1.97. The molecule has 2 atom stereocenters. The van der Waals surface area contributed by atoms with Crippen LogP contribution in [0.15, 0.2) is 36.4 Å². The maximum Gasteiger partial charge on any atom is 0.311 e. The normalized spacial score (nSPS) is 15.9. The Labute approximate surface area is 182 Å². The van der Waals surface area contributed by atoms with E-state index in [0.29, 0.717) is 22.8 Å². The number of benzene rings is 2. The van der Waals surface area contributed by atoms with Gasteiger partial charge in [0.1, 0.15) is 0 Å². The van der Waals surface area contributed by atoms with Gasteiger partial charge in [0.2, 0.25) is 5.75 Å². The molecule has 0 radical (unpaired) electrons. The largest absolute Gasteiger partial charge is 0.493 e. The molecule has 0 saturated heterocycles. The van der Waals surface area contributed by atoms with E-state index in [4.69, 9.17) is 18.9 Å². The summed E-state index contributed by atoms with van der Waals surface area (Å²) in [5.74, 6) is 0.529. The molecular weight excluding hydrogens is 398 g/mol. The molecule has 2 aromatic rings. The SMILES string of the molecule is COc1cc(CC(=O)O[C@H](C)C(=O)N[C@H]2CCCc3ccccc32)cc(OC)c1OC. The summed E-state index contributed by atoms with van der Waals surface area (Å²) in [4.78, 5) is 25.1. The molecule has 7 nitrogen and oxygen atoms in total. The van der Waals surface area contributed by atoms with Crippen LogP contribution in [0.25, 0.3) is 0 Å². The zero-order chi connectivity index (χ0) is 22.4. The fourth-order valence-electron chi connectivity index (χ4n) is 3.89. The van der Waals surface area contributed by atoms with Crippen LogP contribution in [0.5, 0.6) is 17.2 Å². The third-order valence-electron chi connectivity index (χ3n) is 5.44. The Morgan fingerprint density at radius 3 is 2.39 bits per heavy atom. The second-order valence-corrected chi connectivity index (χ2v) is 7.49. The molecule has 166 valence electrons. The first-order valence-corrected chi connectivity index (χ1v) is 10.3. The molecular formula is C24H29NO6. The minimum absolute atomic E-state index is 0.0272. The second-order valence-electron chi connectivity index (χ2n) is 7.49. The molecule has 0 saturated carbocycles. The Morgan fingerprint density at radius 1 is 1.06 bits per heavy atom. The lowest BCUT2D eigenvalue weighted by Crippen LogP contribution is -2.39. The molecule has 7 heteroatoms. The predicted molar refractivity (Wildman–Crippen MR) is 116 cm³/mol. The van der Waals surface area contributed by atoms with Crippen molar-refractivity contribution in [2.75, 3.05) is 21.3 Å². The van der Waals surface area contributed by atoms with E-state index in [2.05, 4.69) is 11.4 Å². The van der Waals surface area contributed by atoms with Gasteiger partial charge in [0.15, 0.2) is 17.6 Å². The zero-order valence-electron chi connectivity index (χ0n) is 18.4. The molecule has 1 aliphatic carbocycles. The van der Waals surface area contributed by atoms with E-state index in [0.717, 1.165) is 24.8 Å². The summed E-state index contributed by atoms with van der Waals surface area (Å²) in [6.45, 7) is 1.58. The minimum Gasteiger partial charge on any atom is -0.493 e. The van der Waals surface area contributed by atoms with Crippen molar-refractivity contribution in [3.05, 3.63) is 53.1 Å². The number of esters is 1. The number of ether oxygens (including phenoxy) is 4. The molecule has 0 bridgehead atoms. The topological polar surface area (TPSA) is 83.1 Å². The van der Waals surface area contributed by atoms with Gasteiger partial charge in [-0.15, -0.1) is 0 Å². The Balaban J connectivity index is 1.61. The Hall–Kier alpha value is -3.22. The van der Waals surface area contributed by atoms with Crippen LogP contribution >= 0.6 is 0 Å². The molecule has 1 aliphatic rings. The molecule has 1 amide bonds. The van der Waals surface area contributed by atoms with Gasteiger partial charge < -0.3 is 24.3 Å². The number of aryl methyl sites for hydroxylation is 1. The number of rotatable bonds is 8. The minimum atomic E-state index is -0.899. The number of hydrogen-bond acceptors (Lipinski definition) is 6. The first-order valence-electron chi connectivity index (χ1n) is 10.3. The highest BCUT2D eigenvalue weighted by molar-refractivity contribution is 5.84. The number of hydrogen-bond donors (Lipinski definition) is 1. The average molecular weight is 427 g/mol. The number of carbonyl (C=O) groups is 2. The van der Waals surface area contributed by atoms with Crippen LogP contribution in [0, 0.1) is 0 Å². The van der Waals surface area contributed by atoms with Crippen molar-refractivity contribution in [1.29, 1.82) is 0 Å². The fraction of sp³-hybridized carbons (Fsp3) is 0.417. The first kappa shape index (κ1) is 22.5. The summed E-state index contributed by atoms with van der Waals surface area (Å²) >= 11 is 0. The van der Waals surface area contributed by atoms with Crippen LogP contribution in [0.4, 0.5) is 0 Å². The van der Waals surface area contributed by atoms with Gasteiger partial charge in [0.25, 0.3) is 5.91 Å². The molecule has 0 aromatic heterocycles. The van der Waals surface area contributed by atoms with E-state index >= 15 is 0 Å². The van der Waals surface area contributed by atoms with E-state index in [1.807, 2.05) is 18.2 Å². The lowest BCUT2D eigenvalue weighted by Gasteiger charge is -2.27.